The van der Waals surface area contributed by atoms with Gasteiger partial charge in [-0.25, -0.2) is 4.79 Å². The van der Waals surface area contributed by atoms with Crippen molar-refractivity contribution < 1.29 is 14.7 Å². The van der Waals surface area contributed by atoms with Crippen LogP contribution in [0.3, 0.4) is 0 Å². The summed E-state index contributed by atoms with van der Waals surface area (Å²) in [4.78, 5) is 26.6. The summed E-state index contributed by atoms with van der Waals surface area (Å²) in [6.45, 7) is 5.34. The van der Waals surface area contributed by atoms with Gasteiger partial charge in [0.15, 0.2) is 0 Å². The number of amides is 2. The van der Waals surface area contributed by atoms with Crippen LogP contribution in [-0.2, 0) is 4.79 Å². The molecule has 0 heterocycles. The average Bonchev–Trinajstić information content (AvgIpc) is 2.34. The van der Waals surface area contributed by atoms with Crippen molar-refractivity contribution >= 4 is 12.0 Å². The second-order valence-corrected chi connectivity index (χ2v) is 6.34. The number of hydrogen-bond donors (Lipinski definition) is 1. The van der Waals surface area contributed by atoms with Crippen molar-refractivity contribution in [2.24, 2.45) is 0 Å². The van der Waals surface area contributed by atoms with E-state index >= 15 is 0 Å². The first-order valence-corrected chi connectivity index (χ1v) is 6.99. The van der Waals surface area contributed by atoms with Gasteiger partial charge in [-0.05, 0) is 33.6 Å². The predicted molar refractivity (Wildman–Crippen MR) is 74.1 cm³/mol. The summed E-state index contributed by atoms with van der Waals surface area (Å²) in [6, 6.07) is 0.0710. The lowest BCUT2D eigenvalue weighted by molar-refractivity contribution is -0.138. The molecule has 0 unspecified atom stereocenters. The van der Waals surface area contributed by atoms with Crippen molar-refractivity contribution in [1.82, 2.24) is 9.80 Å². The molecule has 0 aromatic rings. The highest BCUT2D eigenvalue weighted by Gasteiger charge is 2.33. The zero-order chi connectivity index (χ0) is 14.6. The summed E-state index contributed by atoms with van der Waals surface area (Å²) in [6.07, 6.45) is 5.57. The van der Waals surface area contributed by atoms with Gasteiger partial charge in [-0.15, -0.1) is 0 Å². The maximum absolute atomic E-state index is 12.5. The van der Waals surface area contributed by atoms with E-state index in [1.54, 1.807) is 11.9 Å². The SMILES string of the molecule is CN(C(=O)N(CC(=O)O)C(C)(C)C)C1CCCCC1. The summed E-state index contributed by atoms with van der Waals surface area (Å²) in [5, 5.41) is 8.98. The zero-order valence-corrected chi connectivity index (χ0v) is 12.5. The van der Waals surface area contributed by atoms with Gasteiger partial charge in [0.2, 0.25) is 0 Å². The van der Waals surface area contributed by atoms with Crippen LogP contribution in [0, 0.1) is 0 Å². The highest BCUT2D eigenvalue weighted by molar-refractivity contribution is 5.81. The summed E-state index contributed by atoms with van der Waals surface area (Å²) in [5.41, 5.74) is -0.488. The molecule has 0 aromatic heterocycles. The smallest absolute Gasteiger partial charge is 0.323 e. The van der Waals surface area contributed by atoms with Gasteiger partial charge in [0.05, 0.1) is 0 Å². The van der Waals surface area contributed by atoms with Crippen molar-refractivity contribution in [1.29, 1.82) is 0 Å². The first kappa shape index (κ1) is 15.8. The van der Waals surface area contributed by atoms with Gasteiger partial charge in [-0.3, -0.25) is 4.79 Å². The molecule has 0 bridgehead atoms. The van der Waals surface area contributed by atoms with Crippen molar-refractivity contribution in [3.05, 3.63) is 0 Å². The van der Waals surface area contributed by atoms with Crippen molar-refractivity contribution in [3.8, 4) is 0 Å². The molecule has 5 nitrogen and oxygen atoms in total. The molecule has 110 valence electrons. The van der Waals surface area contributed by atoms with E-state index in [1.165, 1.54) is 11.3 Å². The maximum atomic E-state index is 12.5. The van der Waals surface area contributed by atoms with Gasteiger partial charge in [0.1, 0.15) is 6.54 Å². The molecule has 0 aromatic carbocycles. The molecule has 0 atom stereocenters. The quantitative estimate of drug-likeness (QED) is 0.857. The standard InChI is InChI=1S/C14H26N2O3/c1-14(2,3)16(10-12(17)18)13(19)15(4)11-8-6-5-7-9-11/h11H,5-10H2,1-4H3,(H,17,18). The molecular formula is C14H26N2O3. The van der Waals surface area contributed by atoms with Crippen LogP contribution in [0.15, 0.2) is 0 Å². The molecule has 0 saturated heterocycles. The lowest BCUT2D eigenvalue weighted by atomic mass is 9.94. The van der Waals surface area contributed by atoms with E-state index in [0.29, 0.717) is 0 Å². The Morgan fingerprint density at radius 3 is 2.11 bits per heavy atom. The predicted octanol–water partition coefficient (Wildman–Crippen LogP) is 2.56. The average molecular weight is 270 g/mol. The Kier molecular flexibility index (Phi) is 5.20. The van der Waals surface area contributed by atoms with Crippen LogP contribution in [0.4, 0.5) is 4.79 Å². The Labute approximate surface area is 115 Å². The van der Waals surface area contributed by atoms with Gasteiger partial charge >= 0.3 is 12.0 Å². The van der Waals surface area contributed by atoms with Gasteiger partial charge in [0, 0.05) is 18.6 Å². The second kappa shape index (κ2) is 6.26. The number of rotatable bonds is 3. The third-order valence-electron chi connectivity index (χ3n) is 3.76. The molecule has 1 fully saturated rings. The Bertz CT molecular complexity index is 330. The summed E-state index contributed by atoms with van der Waals surface area (Å²) >= 11 is 0. The zero-order valence-electron chi connectivity index (χ0n) is 12.5. The van der Waals surface area contributed by atoms with Crippen LogP contribution >= 0.6 is 0 Å². The lowest BCUT2D eigenvalue weighted by Gasteiger charge is -2.40. The maximum Gasteiger partial charge on any atom is 0.323 e. The van der Waals surface area contributed by atoms with Gasteiger partial charge in [-0.2, -0.15) is 0 Å². The Morgan fingerprint density at radius 2 is 1.68 bits per heavy atom. The molecule has 1 rings (SSSR count). The van der Waals surface area contributed by atoms with E-state index in [-0.39, 0.29) is 18.6 Å². The van der Waals surface area contributed by atoms with Crippen LogP contribution in [0.2, 0.25) is 0 Å². The monoisotopic (exact) mass is 270 g/mol. The number of aliphatic carboxylic acids is 1. The molecular weight excluding hydrogens is 244 g/mol. The summed E-state index contributed by atoms with van der Waals surface area (Å²) in [5.74, 6) is -0.972. The van der Waals surface area contributed by atoms with E-state index in [9.17, 15) is 9.59 Å². The number of carbonyl (C=O) groups excluding carboxylic acids is 1. The molecule has 2 amide bonds. The van der Waals surface area contributed by atoms with E-state index in [2.05, 4.69) is 0 Å². The molecule has 5 heteroatoms. The number of carboxylic acid groups (broad SMARTS) is 1. The topological polar surface area (TPSA) is 60.9 Å². The number of carboxylic acids is 1. The number of nitrogens with zero attached hydrogens (tertiary/aromatic N) is 2. The largest absolute Gasteiger partial charge is 0.480 e. The van der Waals surface area contributed by atoms with E-state index < -0.39 is 11.5 Å². The van der Waals surface area contributed by atoms with Crippen LogP contribution in [0.25, 0.3) is 0 Å². The van der Waals surface area contributed by atoms with E-state index in [0.717, 1.165) is 25.7 Å². The highest BCUT2D eigenvalue weighted by atomic mass is 16.4. The fraction of sp³-hybridized carbons (Fsp3) is 0.857. The highest BCUT2D eigenvalue weighted by Crippen LogP contribution is 2.24. The molecule has 1 aliphatic rings. The molecule has 0 radical (unpaired) electrons. The van der Waals surface area contributed by atoms with E-state index in [1.807, 2.05) is 20.8 Å². The van der Waals surface area contributed by atoms with Gasteiger partial charge < -0.3 is 14.9 Å². The fourth-order valence-electron chi connectivity index (χ4n) is 2.54. The minimum Gasteiger partial charge on any atom is -0.480 e. The Balaban J connectivity index is 2.77. The Hall–Kier alpha value is -1.26. The van der Waals surface area contributed by atoms with Crippen molar-refractivity contribution in [3.63, 3.8) is 0 Å². The molecule has 0 spiro atoms. The molecule has 1 saturated carbocycles. The van der Waals surface area contributed by atoms with Gasteiger partial charge in [0.25, 0.3) is 0 Å². The molecule has 1 aliphatic carbocycles. The van der Waals surface area contributed by atoms with Gasteiger partial charge in [-0.1, -0.05) is 19.3 Å². The van der Waals surface area contributed by atoms with Crippen LogP contribution in [0.1, 0.15) is 52.9 Å². The number of urea groups is 1. The lowest BCUT2D eigenvalue weighted by Crippen LogP contribution is -2.55. The van der Waals surface area contributed by atoms with Crippen LogP contribution in [0.5, 0.6) is 0 Å². The van der Waals surface area contributed by atoms with Crippen LogP contribution in [-0.4, -0.2) is 52.1 Å². The minimum atomic E-state index is -0.972. The molecule has 19 heavy (non-hydrogen) atoms. The number of carbonyl (C=O) groups is 2. The normalized spacial score (nSPS) is 17.1. The summed E-state index contributed by atoms with van der Waals surface area (Å²) < 4.78 is 0. The number of hydrogen-bond acceptors (Lipinski definition) is 2. The van der Waals surface area contributed by atoms with E-state index in [4.69, 9.17) is 5.11 Å². The third-order valence-corrected chi connectivity index (χ3v) is 3.76. The Morgan fingerprint density at radius 1 is 1.16 bits per heavy atom. The first-order chi connectivity index (χ1) is 8.73. The van der Waals surface area contributed by atoms with Crippen molar-refractivity contribution in [2.45, 2.75) is 64.5 Å². The second-order valence-electron chi connectivity index (χ2n) is 6.34. The third kappa shape index (κ3) is 4.40. The molecule has 1 N–H and O–H groups in total. The first-order valence-electron chi connectivity index (χ1n) is 6.99. The molecule has 0 aliphatic heterocycles. The van der Waals surface area contributed by atoms with Crippen molar-refractivity contribution in [2.75, 3.05) is 13.6 Å². The fourth-order valence-corrected chi connectivity index (χ4v) is 2.54. The minimum absolute atomic E-state index is 0.179. The van der Waals surface area contributed by atoms with Crippen LogP contribution < -0.4 is 0 Å². The summed E-state index contributed by atoms with van der Waals surface area (Å²) in [7, 11) is 1.79.